The van der Waals surface area contributed by atoms with Crippen molar-refractivity contribution in [1.29, 1.82) is 0 Å². The molecule has 1 saturated heterocycles. The van der Waals surface area contributed by atoms with Gasteiger partial charge in [-0.1, -0.05) is 31.6 Å². The smallest absolute Gasteiger partial charge is 0.310 e. The number of rotatable bonds is 2. The average molecular weight is 305 g/mol. The Kier molecular flexibility index (Phi) is 2.49. The van der Waals surface area contributed by atoms with Crippen LogP contribution in [0.3, 0.4) is 0 Å². The third-order valence-electron chi connectivity index (χ3n) is 2.28. The Hall–Kier alpha value is -0.960. The summed E-state index contributed by atoms with van der Waals surface area (Å²) in [6, 6.07) is 2.92. The maximum absolute atomic E-state index is 12.6. The second-order valence-electron chi connectivity index (χ2n) is 3.80. The van der Waals surface area contributed by atoms with Crippen LogP contribution in [0.1, 0.15) is 10.9 Å². The maximum atomic E-state index is 12.6. The highest BCUT2D eigenvalue weighted by molar-refractivity contribution is 8.45. The van der Waals surface area contributed by atoms with E-state index in [1.54, 1.807) is 0 Å². The van der Waals surface area contributed by atoms with Crippen LogP contribution in [-0.4, -0.2) is 11.7 Å². The maximum Gasteiger partial charge on any atom is 0.310 e. The van der Waals surface area contributed by atoms with E-state index in [0.717, 1.165) is 17.8 Å². The van der Waals surface area contributed by atoms with Crippen molar-refractivity contribution in [3.63, 3.8) is 0 Å². The molecule has 0 radical (unpaired) electrons. The van der Waals surface area contributed by atoms with Crippen LogP contribution in [-0.2, 0) is 4.79 Å². The van der Waals surface area contributed by atoms with Crippen LogP contribution in [0.5, 0.6) is 0 Å². The van der Waals surface area contributed by atoms with Crippen molar-refractivity contribution in [2.75, 3.05) is 5.75 Å². The standard InChI is InChI=1S/C9H8F5NOS2/c10-18(11,12,13,14)7-3-1-2-6(4-7)9-15-8(16)5-17-9/h1-4,9H,5H2,(H,15,16). The summed E-state index contributed by atoms with van der Waals surface area (Å²) in [5, 5.41) is 1.69. The van der Waals surface area contributed by atoms with Crippen LogP contribution in [0.25, 0.3) is 0 Å². The van der Waals surface area contributed by atoms with Crippen LogP contribution in [0.15, 0.2) is 29.2 Å². The van der Waals surface area contributed by atoms with Crippen molar-refractivity contribution < 1.29 is 24.2 Å². The van der Waals surface area contributed by atoms with Crippen molar-refractivity contribution in [3.05, 3.63) is 29.8 Å². The summed E-state index contributed by atoms with van der Waals surface area (Å²) in [7, 11) is -9.66. The van der Waals surface area contributed by atoms with E-state index in [-0.39, 0.29) is 17.2 Å². The second-order valence-corrected chi connectivity index (χ2v) is 7.30. The monoisotopic (exact) mass is 305 g/mol. The number of benzene rings is 1. The van der Waals surface area contributed by atoms with E-state index in [4.69, 9.17) is 0 Å². The first-order chi connectivity index (χ1) is 7.95. The Morgan fingerprint density at radius 2 is 1.89 bits per heavy atom. The zero-order valence-corrected chi connectivity index (χ0v) is 10.3. The normalized spacial score (nSPS) is 24.3. The fraction of sp³-hybridized carbons (Fsp3) is 0.222. The molecule has 102 valence electrons. The summed E-state index contributed by atoms with van der Waals surface area (Å²) < 4.78 is 63.0. The van der Waals surface area contributed by atoms with Crippen molar-refractivity contribution in [2.24, 2.45) is 0 Å². The number of carbonyl (C=O) groups is 1. The van der Waals surface area contributed by atoms with Gasteiger partial charge in [-0.3, -0.25) is 4.79 Å². The Morgan fingerprint density at radius 1 is 1.22 bits per heavy atom. The van der Waals surface area contributed by atoms with E-state index < -0.39 is 20.5 Å². The molecule has 1 amide bonds. The number of hydrogen-bond donors (Lipinski definition) is 1. The molecule has 0 saturated carbocycles. The van der Waals surface area contributed by atoms with E-state index >= 15 is 0 Å². The number of nitrogens with one attached hydrogen (secondary N) is 1. The SMILES string of the molecule is O=C1CSC(c2cccc(S(F)(F)(F)(F)F)c2)N1. The second kappa shape index (κ2) is 3.32. The molecule has 1 aliphatic rings. The number of thioether (sulfide) groups is 1. The van der Waals surface area contributed by atoms with Gasteiger partial charge < -0.3 is 5.32 Å². The molecule has 0 aromatic heterocycles. The molecule has 1 aromatic rings. The minimum atomic E-state index is -9.66. The summed E-state index contributed by atoms with van der Waals surface area (Å²) in [4.78, 5) is 9.00. The number of carbonyl (C=O) groups excluding carboxylic acids is 1. The fourth-order valence-electron chi connectivity index (χ4n) is 1.49. The molecule has 1 fully saturated rings. The summed E-state index contributed by atoms with van der Waals surface area (Å²) in [6.45, 7) is 0. The molecule has 0 spiro atoms. The molecule has 18 heavy (non-hydrogen) atoms. The first-order valence-corrected chi connectivity index (χ1v) is 7.71. The quantitative estimate of drug-likeness (QED) is 0.829. The molecule has 1 aliphatic heterocycles. The zero-order valence-electron chi connectivity index (χ0n) is 8.71. The molecule has 1 N–H and O–H groups in total. The summed E-state index contributed by atoms with van der Waals surface area (Å²) >= 11 is 1.06. The minimum absolute atomic E-state index is 0.0107. The Labute approximate surface area is 104 Å². The summed E-state index contributed by atoms with van der Waals surface area (Å²) in [5.74, 6) is -0.228. The van der Waals surface area contributed by atoms with Gasteiger partial charge in [-0.05, 0) is 17.7 Å². The average Bonchev–Trinajstić information content (AvgIpc) is 2.62. The van der Waals surface area contributed by atoms with Gasteiger partial charge >= 0.3 is 10.2 Å². The number of hydrogen-bond acceptors (Lipinski definition) is 2. The number of halogens is 5. The molecule has 1 aromatic carbocycles. The van der Waals surface area contributed by atoms with Gasteiger partial charge in [0.25, 0.3) is 0 Å². The lowest BCUT2D eigenvalue weighted by Crippen LogP contribution is -2.19. The predicted octanol–water partition coefficient (Wildman–Crippen LogP) is 4.21. The molecule has 1 unspecified atom stereocenters. The fourth-order valence-corrected chi connectivity index (χ4v) is 3.14. The van der Waals surface area contributed by atoms with Crippen molar-refractivity contribution in [3.8, 4) is 0 Å². The zero-order chi connectivity index (χ0) is 13.7. The summed E-state index contributed by atoms with van der Waals surface area (Å²) in [5.41, 5.74) is 0.0107. The lowest BCUT2D eigenvalue weighted by atomic mass is 10.2. The Bertz CT molecular complexity index is 515. The van der Waals surface area contributed by atoms with Crippen molar-refractivity contribution >= 4 is 27.9 Å². The van der Waals surface area contributed by atoms with Crippen LogP contribution in [0.2, 0.25) is 0 Å². The van der Waals surface area contributed by atoms with Crippen LogP contribution < -0.4 is 5.32 Å². The highest BCUT2D eigenvalue weighted by Gasteiger charge is 2.65. The molecule has 2 rings (SSSR count). The molecule has 9 heteroatoms. The first-order valence-electron chi connectivity index (χ1n) is 4.71. The lowest BCUT2D eigenvalue weighted by Gasteiger charge is -2.40. The topological polar surface area (TPSA) is 29.1 Å². The van der Waals surface area contributed by atoms with Crippen molar-refractivity contribution in [1.82, 2.24) is 5.32 Å². The molecule has 0 bridgehead atoms. The van der Waals surface area contributed by atoms with Gasteiger partial charge in [0.15, 0.2) is 0 Å². The van der Waals surface area contributed by atoms with E-state index in [0.29, 0.717) is 12.1 Å². The number of amides is 1. The van der Waals surface area contributed by atoms with Gasteiger partial charge in [-0.15, -0.1) is 11.8 Å². The van der Waals surface area contributed by atoms with Crippen molar-refractivity contribution in [2.45, 2.75) is 10.3 Å². The van der Waals surface area contributed by atoms with Gasteiger partial charge in [0.2, 0.25) is 5.91 Å². The highest BCUT2D eigenvalue weighted by Crippen LogP contribution is 3.02. The van der Waals surface area contributed by atoms with Gasteiger partial charge in [0.05, 0.1) is 5.75 Å². The largest absolute Gasteiger partial charge is 0.339 e. The minimum Gasteiger partial charge on any atom is -0.339 e. The van der Waals surface area contributed by atoms with Crippen LogP contribution in [0, 0.1) is 0 Å². The van der Waals surface area contributed by atoms with E-state index in [1.807, 2.05) is 0 Å². The van der Waals surface area contributed by atoms with E-state index in [1.165, 1.54) is 6.07 Å². The molecule has 1 heterocycles. The molecule has 2 nitrogen and oxygen atoms in total. The molecule has 0 aliphatic carbocycles. The van der Waals surface area contributed by atoms with Gasteiger partial charge in [0, 0.05) is 0 Å². The first kappa shape index (κ1) is 13.5. The van der Waals surface area contributed by atoms with Crippen LogP contribution in [0.4, 0.5) is 19.4 Å². The Balaban J connectivity index is 2.41. The van der Waals surface area contributed by atoms with Gasteiger partial charge in [0.1, 0.15) is 10.3 Å². The van der Waals surface area contributed by atoms with Crippen LogP contribution >= 0.6 is 22.0 Å². The molecular formula is C9H8F5NOS2. The lowest BCUT2D eigenvalue weighted by molar-refractivity contribution is -0.118. The van der Waals surface area contributed by atoms with E-state index in [9.17, 15) is 24.2 Å². The predicted molar refractivity (Wildman–Crippen MR) is 61.2 cm³/mol. The molecule has 1 atom stereocenters. The van der Waals surface area contributed by atoms with Gasteiger partial charge in [-0.2, -0.15) is 0 Å². The molecular weight excluding hydrogens is 297 g/mol. The Morgan fingerprint density at radius 3 is 2.39 bits per heavy atom. The third kappa shape index (κ3) is 2.89. The highest BCUT2D eigenvalue weighted by atomic mass is 32.5. The van der Waals surface area contributed by atoms with Gasteiger partial charge in [-0.25, -0.2) is 0 Å². The van der Waals surface area contributed by atoms with E-state index in [2.05, 4.69) is 5.32 Å². The summed E-state index contributed by atoms with van der Waals surface area (Å²) in [6.07, 6.45) is 0. The third-order valence-corrected chi connectivity index (χ3v) is 4.58.